The minimum absolute atomic E-state index is 0.0306. The van der Waals surface area contributed by atoms with Gasteiger partial charge in [-0.25, -0.2) is 58.6 Å². The number of halogens is 3. The van der Waals surface area contributed by atoms with Gasteiger partial charge in [-0.2, -0.15) is 19.9 Å². The first-order chi connectivity index (χ1) is 63.0. The van der Waals surface area contributed by atoms with Crippen LogP contribution in [0.5, 0.6) is 29.3 Å². The van der Waals surface area contributed by atoms with E-state index in [1.165, 1.54) is 80.1 Å². The lowest BCUT2D eigenvalue weighted by Crippen LogP contribution is -2.69. The number of sulfone groups is 1. The van der Waals surface area contributed by atoms with E-state index >= 15 is 4.39 Å². The Morgan fingerprint density at radius 3 is 1.40 bits per heavy atom. The van der Waals surface area contributed by atoms with Gasteiger partial charge in [-0.15, -0.1) is 0 Å². The number of hydrogen-bond acceptors (Lipinski definition) is 29. The summed E-state index contributed by atoms with van der Waals surface area (Å²) in [5.41, 5.74) is 10.7. The first-order valence-corrected chi connectivity index (χ1v) is 50.7. The summed E-state index contributed by atoms with van der Waals surface area (Å²) in [6.07, 6.45) is 17.0. The third-order valence-electron chi connectivity index (χ3n) is 25.0. The first-order valence-electron chi connectivity index (χ1n) is 43.0. The van der Waals surface area contributed by atoms with E-state index in [2.05, 4.69) is 88.4 Å². The maximum atomic E-state index is 15.1. The fraction of sp³-hybridized carbons (Fsp3) is 0.396. The molecule has 12 aromatic rings. The van der Waals surface area contributed by atoms with Crippen molar-refractivity contribution in [2.24, 2.45) is 27.9 Å². The second kappa shape index (κ2) is 34.6. The van der Waals surface area contributed by atoms with Crippen molar-refractivity contribution in [3.05, 3.63) is 124 Å². The van der Waals surface area contributed by atoms with Crippen molar-refractivity contribution in [2.45, 2.75) is 162 Å². The van der Waals surface area contributed by atoms with Gasteiger partial charge in [0, 0.05) is 161 Å². The number of hydrogen-bond donors (Lipinski definition) is 8. The number of ether oxygens (including phenoxy) is 5. The second-order valence-corrected chi connectivity index (χ2v) is 46.3. The van der Waals surface area contributed by atoms with Gasteiger partial charge in [-0.05, 0) is 167 Å². The third-order valence-corrected chi connectivity index (χ3v) is 30.4. The van der Waals surface area contributed by atoms with Crippen LogP contribution in [-0.2, 0) is 66.0 Å². The van der Waals surface area contributed by atoms with Crippen LogP contribution in [0, 0.1) is 39.6 Å². The van der Waals surface area contributed by atoms with Crippen LogP contribution in [-0.4, -0.2) is 216 Å². The highest BCUT2D eigenvalue weighted by molar-refractivity contribution is 7.99. The third kappa shape index (κ3) is 18.4. The largest absolute Gasteiger partial charge is 0.506 e. The normalized spacial score (nSPS) is 20.3. The highest BCUT2D eigenvalue weighted by Crippen LogP contribution is 2.56. The predicted octanol–water partition coefficient (Wildman–Crippen LogP) is 14.5. The summed E-state index contributed by atoms with van der Waals surface area (Å²) in [5, 5.41) is 25.4. The number of nitrogens with one attached hydrogen (secondary N) is 6. The van der Waals surface area contributed by atoms with Gasteiger partial charge >= 0.3 is 30.3 Å². The van der Waals surface area contributed by atoms with Crippen LogP contribution >= 0.6 is 0 Å². The van der Waals surface area contributed by atoms with Crippen molar-refractivity contribution in [2.75, 3.05) is 97.8 Å². The highest BCUT2D eigenvalue weighted by Gasteiger charge is 2.56. The van der Waals surface area contributed by atoms with E-state index < -0.39 is 97.5 Å². The molecule has 21 rings (SSSR count). The summed E-state index contributed by atoms with van der Waals surface area (Å²) in [5.74, 6) is 4.81. The molecule has 134 heavy (non-hydrogen) atoms. The highest BCUT2D eigenvalue weighted by atomic mass is 32.2. The number of nitrogens with zero attached hydrogens (tertiary/aromatic N) is 13. The van der Waals surface area contributed by atoms with E-state index in [0.717, 1.165) is 86.7 Å². The van der Waals surface area contributed by atoms with Crippen LogP contribution in [0.3, 0.4) is 0 Å². The number of anilines is 5. The molecule has 9 N–H and O–H groups in total. The maximum Gasteiger partial charge on any atom is 0.414 e. The number of alkyl carbamates (subject to hydrolysis) is 1. The van der Waals surface area contributed by atoms with Crippen LogP contribution in [0.1, 0.15) is 125 Å². The van der Waals surface area contributed by atoms with Crippen LogP contribution in [0.15, 0.2) is 114 Å². The number of carbonyl (C=O) groups excluding carboxylic acids is 3. The first kappa shape index (κ1) is 93.5. The van der Waals surface area contributed by atoms with E-state index in [9.17, 15) is 48.4 Å². The standard InChI is InChI=1S/C30H31FN6O4S.C24H22FN7O2S.C19H23FN4O5S2.C11H20N2O2.C7H5NO2S/c1-16-6-8-30(16)14-37(15-30)26-23-19-10-17(31)11-21(36(5)28(38)41-29(2,3)4)24(19)33-25(23)34-27(35-26)40-18-12-22-20(32-13-18)7-9-42(22)39;1-27-16-7-12(25)6-14-19-21(29-20(14)16)30-23(31-22(19)32-10-24(11-32)4-2-18(24)26)34-13-8-17-15(28-9-13)3-5-35(17)33;1-19(2,3)29-18(25)24(4)12-9-10(20)8-11-13-15(21-14(11)12)22-17(31(7,27)28)23-16(13)30(5,6)26;1-10(2,3)15-9(14)13-8-4-5-11(8)6-12-7-11;9-5-3-7-6(8-4-5)1-2-11(7)10/h7,9-13,16H,6,8,14-15H2,1-5H3,(H,33,34,35);3,5-9,18,27H,2,4,10-11,26H2,1H3,(H,29,30,31);8-9H,5H2,1-4,6-7H3,(H,21,22,23);8,12H,4-7H2,1-3H3,(H,13,14);1-4,9H/t16-,42?;18-,35?;;8-;/m11.1./s1. The summed E-state index contributed by atoms with van der Waals surface area (Å²) >= 11 is 0. The van der Waals surface area contributed by atoms with Gasteiger partial charge in [0.05, 0.1) is 133 Å². The van der Waals surface area contributed by atoms with E-state index in [0.29, 0.717) is 117 Å². The molecular weight excluding hydrogens is 1830 g/mol. The molecular formula is C91H101F3N20O15S5. The summed E-state index contributed by atoms with van der Waals surface area (Å²) in [7, 11) is -5.80. The molecule has 3 aliphatic carbocycles. The van der Waals surface area contributed by atoms with Crippen molar-refractivity contribution >= 4 is 189 Å². The summed E-state index contributed by atoms with van der Waals surface area (Å²) in [6, 6.07) is 13.5. The van der Waals surface area contributed by atoms with Crippen molar-refractivity contribution < 1.29 is 81.6 Å². The van der Waals surface area contributed by atoms with Crippen molar-refractivity contribution in [1.82, 2.24) is 70.4 Å². The molecule has 6 aliphatic heterocycles. The fourth-order valence-corrected chi connectivity index (χ4v) is 21.9. The van der Waals surface area contributed by atoms with Gasteiger partial charge in [0.1, 0.15) is 73.6 Å². The average molecular weight is 1930 g/mol. The number of aromatic amines is 3. The number of aromatic hydroxyl groups is 1. The molecule has 3 amide bonds. The molecule has 4 unspecified atom stereocenters. The maximum absolute atomic E-state index is 15.1. The molecule has 3 aromatic carbocycles. The van der Waals surface area contributed by atoms with Crippen molar-refractivity contribution in [1.29, 1.82) is 0 Å². The lowest BCUT2D eigenvalue weighted by atomic mass is 9.56. The molecule has 15 heterocycles. The molecule has 9 aromatic heterocycles. The number of benzene rings is 3. The van der Waals surface area contributed by atoms with Crippen LogP contribution in [0.2, 0.25) is 0 Å². The molecule has 0 radical (unpaired) electrons. The number of pyridine rings is 3. The van der Waals surface area contributed by atoms with E-state index in [-0.39, 0.29) is 79.2 Å². The number of fused-ring (bicyclic) bond motifs is 12. The minimum Gasteiger partial charge on any atom is -0.506 e. The number of nitrogens with two attached hydrogens (primary N) is 1. The van der Waals surface area contributed by atoms with Crippen molar-refractivity contribution in [3.8, 4) is 29.3 Å². The molecule has 706 valence electrons. The van der Waals surface area contributed by atoms with Crippen LogP contribution < -0.4 is 50.8 Å². The zero-order chi connectivity index (χ0) is 95.9. The molecule has 6 fully saturated rings. The molecule has 3 spiro atoms. The monoisotopic (exact) mass is 1930 g/mol. The Morgan fingerprint density at radius 2 is 1.00 bits per heavy atom. The predicted molar refractivity (Wildman–Crippen MR) is 509 cm³/mol. The van der Waals surface area contributed by atoms with Crippen LogP contribution in [0.25, 0.3) is 84.0 Å². The number of aromatic nitrogens is 12. The van der Waals surface area contributed by atoms with E-state index in [1.54, 1.807) is 115 Å². The lowest BCUT2D eigenvalue weighted by molar-refractivity contribution is -0.00550. The Bertz CT molecular complexity index is 7290. The molecule has 43 heteroatoms. The zero-order valence-corrected chi connectivity index (χ0v) is 80.1. The number of carbonyl (C=O) groups is 3. The number of amides is 3. The van der Waals surface area contributed by atoms with Gasteiger partial charge in [0.15, 0.2) is 11.5 Å². The summed E-state index contributed by atoms with van der Waals surface area (Å²) in [4.78, 5) is 94.4. The molecule has 9 aliphatic rings. The Hall–Kier alpha value is -12.3. The molecule has 3 saturated heterocycles. The molecule has 7 atom stereocenters. The Balaban J connectivity index is 0.000000124. The molecule has 35 nitrogen and oxygen atoms in total. The van der Waals surface area contributed by atoms with Crippen molar-refractivity contribution in [3.63, 3.8) is 0 Å². The van der Waals surface area contributed by atoms with Gasteiger partial charge in [0.2, 0.25) is 15.0 Å². The van der Waals surface area contributed by atoms with Gasteiger partial charge in [-0.3, -0.25) is 29.0 Å². The zero-order valence-electron chi connectivity index (χ0n) is 76.0. The number of H-pyrrole nitrogens is 3. The summed E-state index contributed by atoms with van der Waals surface area (Å²) < 4.78 is 145. The minimum atomic E-state index is -3.84. The van der Waals surface area contributed by atoms with Gasteiger partial charge in [-0.1, -0.05) is 6.92 Å². The Labute approximate surface area is 776 Å². The Morgan fingerprint density at radius 1 is 0.567 bits per heavy atom. The molecule has 0 bridgehead atoms. The number of rotatable bonds is 12. The quantitative estimate of drug-likeness (QED) is 0.0244. The Kier molecular flexibility index (Phi) is 24.1. The lowest BCUT2D eigenvalue weighted by Gasteiger charge is -2.60. The summed E-state index contributed by atoms with van der Waals surface area (Å²) in [6.45, 7) is 23.7. The van der Waals surface area contributed by atoms with Gasteiger partial charge < -0.3 is 75.2 Å². The second-order valence-electron chi connectivity index (χ2n) is 38.1. The van der Waals surface area contributed by atoms with Crippen LogP contribution in [0.4, 0.5) is 56.3 Å². The molecule has 3 saturated carbocycles. The topological polar surface area (TPSA) is 458 Å². The van der Waals surface area contributed by atoms with E-state index in [4.69, 9.17) is 44.5 Å². The SMILES string of the molecule is C=S(C)(=O)c1nc(S(C)(=O)=O)nc2[nH]c3c(N(C)C(=O)OC(C)(C)C)cc(F)cc3c12.CC(C)(C)OC(=O)N[C@@H]1CCC12CNC2.CNc1cc(F)cc2c1[nH]c1nc(Oc3cnc4c(c3)S(=O)C=C4)nc(N3CC4(CC[C@H]4N)C3)c12.C[C@@H]1CCC12CN(c1nc(Oc3cnc4c(c3)S(=O)C=C4)nc3[nH]c4c(N(C)C(=O)OC(C)(C)C)cc(F)cc4c13)C2.O=S1C=Cc2ncc(O)cc21. The van der Waals surface area contributed by atoms with E-state index in [1.807, 2.05) is 20.8 Å². The fourth-order valence-electron chi connectivity index (χ4n) is 17.5. The van der Waals surface area contributed by atoms with Gasteiger partial charge in [0.25, 0.3) is 0 Å². The average Bonchev–Trinajstić information content (AvgIpc) is 1.51. The smallest absolute Gasteiger partial charge is 0.414 e.